The number of hydrogen-bond donors (Lipinski definition) is 1. The summed E-state index contributed by atoms with van der Waals surface area (Å²) in [5.41, 5.74) is 1.61. The van der Waals surface area contributed by atoms with Crippen LogP contribution in [0.15, 0.2) is 48.5 Å². The summed E-state index contributed by atoms with van der Waals surface area (Å²) in [6, 6.07) is 14.1. The minimum atomic E-state index is -0.279. The van der Waals surface area contributed by atoms with Crippen LogP contribution in [0.2, 0.25) is 0 Å². The molecule has 8 heteroatoms. The summed E-state index contributed by atoms with van der Waals surface area (Å²) in [6.45, 7) is 4.98. The summed E-state index contributed by atoms with van der Waals surface area (Å²) in [7, 11) is 3.38. The SMILES string of the molecule is CO[C@H]1CN(C)C(=O)c2ccc(NC(=O)C3CCCCC3)cc2OC[C@@H](C)N(C(=O)c2ccccc2)C[C@@H]1C. The van der Waals surface area contributed by atoms with Crippen molar-refractivity contribution < 1.29 is 23.9 Å². The van der Waals surface area contributed by atoms with E-state index in [0.717, 1.165) is 25.7 Å². The number of rotatable bonds is 4. The van der Waals surface area contributed by atoms with Gasteiger partial charge in [0, 0.05) is 56.4 Å². The highest BCUT2D eigenvalue weighted by Crippen LogP contribution is 2.29. The molecule has 1 N–H and O–H groups in total. The Bertz CT molecular complexity index is 1150. The zero-order valence-corrected chi connectivity index (χ0v) is 23.5. The van der Waals surface area contributed by atoms with Crippen LogP contribution < -0.4 is 10.1 Å². The molecule has 1 aliphatic heterocycles. The number of hydrogen-bond acceptors (Lipinski definition) is 5. The zero-order chi connectivity index (χ0) is 27.9. The average molecular weight is 536 g/mol. The van der Waals surface area contributed by atoms with Crippen LogP contribution in [-0.4, -0.2) is 73.5 Å². The standard InChI is InChI=1S/C31H41N3O5/c1-21-18-34(30(36)24-13-9-6-10-14-24)22(2)20-39-27-17-25(32-29(35)23-11-7-5-8-12-23)15-16-26(27)31(37)33(3)19-28(21)38-4/h6,9-10,13-17,21-23,28H,5,7-8,11-12,18-20H2,1-4H3,(H,32,35)/t21-,22+,28-/m0/s1. The Labute approximate surface area is 231 Å². The third-order valence-electron chi connectivity index (χ3n) is 7.97. The topological polar surface area (TPSA) is 88.2 Å². The monoisotopic (exact) mass is 535 g/mol. The van der Waals surface area contributed by atoms with E-state index in [1.165, 1.54) is 6.42 Å². The van der Waals surface area contributed by atoms with Gasteiger partial charge >= 0.3 is 0 Å². The van der Waals surface area contributed by atoms with E-state index in [1.807, 2.05) is 49.1 Å². The van der Waals surface area contributed by atoms with Gasteiger partial charge in [-0.1, -0.05) is 44.4 Å². The van der Waals surface area contributed by atoms with Crippen molar-refractivity contribution in [3.63, 3.8) is 0 Å². The van der Waals surface area contributed by atoms with Crippen molar-refractivity contribution >= 4 is 23.4 Å². The minimum absolute atomic E-state index is 0.0103. The molecule has 8 nitrogen and oxygen atoms in total. The van der Waals surface area contributed by atoms with Gasteiger partial charge in [-0.2, -0.15) is 0 Å². The first-order valence-electron chi connectivity index (χ1n) is 14.0. The summed E-state index contributed by atoms with van der Waals surface area (Å²) in [5, 5.41) is 3.03. The summed E-state index contributed by atoms with van der Waals surface area (Å²) < 4.78 is 12.0. The first kappa shape index (κ1) is 28.6. The molecule has 0 bridgehead atoms. The Morgan fingerprint density at radius 3 is 2.41 bits per heavy atom. The number of likely N-dealkylation sites (N-methyl/N-ethyl adjacent to an activating group) is 1. The quantitative estimate of drug-likeness (QED) is 0.605. The van der Waals surface area contributed by atoms with Crippen molar-refractivity contribution in [3.05, 3.63) is 59.7 Å². The number of amides is 3. The van der Waals surface area contributed by atoms with Gasteiger partial charge < -0.3 is 24.6 Å². The lowest BCUT2D eigenvalue weighted by atomic mass is 9.88. The number of anilines is 1. The molecule has 3 amide bonds. The van der Waals surface area contributed by atoms with Crippen molar-refractivity contribution in [1.82, 2.24) is 9.80 Å². The van der Waals surface area contributed by atoms with Crippen molar-refractivity contribution in [2.45, 2.75) is 58.1 Å². The van der Waals surface area contributed by atoms with Gasteiger partial charge in [-0.3, -0.25) is 14.4 Å². The molecule has 1 aliphatic carbocycles. The van der Waals surface area contributed by atoms with E-state index in [1.54, 1.807) is 37.3 Å². The lowest BCUT2D eigenvalue weighted by Crippen LogP contribution is -2.48. The van der Waals surface area contributed by atoms with Crippen LogP contribution in [0, 0.1) is 11.8 Å². The molecule has 2 aromatic rings. The Hall–Kier alpha value is -3.39. The maximum Gasteiger partial charge on any atom is 0.257 e. The lowest BCUT2D eigenvalue weighted by Gasteiger charge is -2.36. The van der Waals surface area contributed by atoms with E-state index in [2.05, 4.69) is 5.32 Å². The summed E-state index contributed by atoms with van der Waals surface area (Å²) in [6.07, 6.45) is 4.86. The highest BCUT2D eigenvalue weighted by Gasteiger charge is 2.31. The normalized spacial score (nSPS) is 23.2. The van der Waals surface area contributed by atoms with Gasteiger partial charge in [-0.05, 0) is 44.0 Å². The van der Waals surface area contributed by atoms with Crippen LogP contribution in [0.5, 0.6) is 5.75 Å². The van der Waals surface area contributed by atoms with E-state index in [-0.39, 0.29) is 48.3 Å². The Balaban J connectivity index is 1.63. The number of carbonyl (C=O) groups excluding carboxylic acids is 3. The fraction of sp³-hybridized carbons (Fsp3) is 0.516. The molecule has 2 aromatic carbocycles. The number of ether oxygens (including phenoxy) is 2. The third kappa shape index (κ3) is 6.98. The zero-order valence-electron chi connectivity index (χ0n) is 23.5. The Morgan fingerprint density at radius 2 is 1.72 bits per heavy atom. The predicted octanol–water partition coefficient (Wildman–Crippen LogP) is 4.85. The largest absolute Gasteiger partial charge is 0.491 e. The molecule has 1 saturated carbocycles. The Kier molecular flexibility index (Phi) is 9.62. The molecule has 210 valence electrons. The lowest BCUT2D eigenvalue weighted by molar-refractivity contribution is -0.120. The van der Waals surface area contributed by atoms with Gasteiger partial charge in [0.15, 0.2) is 0 Å². The van der Waals surface area contributed by atoms with Crippen LogP contribution in [0.1, 0.15) is 66.7 Å². The van der Waals surface area contributed by atoms with Gasteiger partial charge in [0.25, 0.3) is 11.8 Å². The van der Waals surface area contributed by atoms with Crippen molar-refractivity contribution in [2.24, 2.45) is 11.8 Å². The highest BCUT2D eigenvalue weighted by molar-refractivity contribution is 5.99. The highest BCUT2D eigenvalue weighted by atomic mass is 16.5. The van der Waals surface area contributed by atoms with E-state index >= 15 is 0 Å². The maximum atomic E-state index is 13.6. The number of methoxy groups -OCH3 is 1. The second-order valence-corrected chi connectivity index (χ2v) is 11.0. The number of nitrogens with zero attached hydrogens (tertiary/aromatic N) is 2. The molecule has 39 heavy (non-hydrogen) atoms. The fourth-order valence-electron chi connectivity index (χ4n) is 5.49. The summed E-state index contributed by atoms with van der Waals surface area (Å²) in [5.74, 6) is 0.111. The second kappa shape index (κ2) is 13.1. The molecule has 0 saturated heterocycles. The molecular weight excluding hydrogens is 494 g/mol. The van der Waals surface area contributed by atoms with Crippen LogP contribution in [0.25, 0.3) is 0 Å². The molecule has 2 aliphatic rings. The summed E-state index contributed by atoms with van der Waals surface area (Å²) in [4.78, 5) is 43.4. The number of nitrogens with one attached hydrogen (secondary N) is 1. The molecule has 0 unspecified atom stereocenters. The molecule has 1 heterocycles. The van der Waals surface area contributed by atoms with E-state index in [0.29, 0.717) is 35.7 Å². The molecule has 0 radical (unpaired) electrons. The van der Waals surface area contributed by atoms with E-state index in [4.69, 9.17) is 9.47 Å². The van der Waals surface area contributed by atoms with Gasteiger partial charge in [0.1, 0.15) is 12.4 Å². The van der Waals surface area contributed by atoms with Gasteiger partial charge in [0.05, 0.1) is 17.7 Å². The van der Waals surface area contributed by atoms with E-state index < -0.39 is 0 Å². The van der Waals surface area contributed by atoms with E-state index in [9.17, 15) is 14.4 Å². The summed E-state index contributed by atoms with van der Waals surface area (Å²) >= 11 is 0. The van der Waals surface area contributed by atoms with Gasteiger partial charge in [-0.15, -0.1) is 0 Å². The molecule has 0 spiro atoms. The van der Waals surface area contributed by atoms with Crippen molar-refractivity contribution in [1.29, 1.82) is 0 Å². The molecule has 4 rings (SSSR count). The predicted molar refractivity (Wildman–Crippen MR) is 151 cm³/mol. The third-order valence-corrected chi connectivity index (χ3v) is 7.97. The van der Waals surface area contributed by atoms with Crippen molar-refractivity contribution in [3.8, 4) is 5.75 Å². The second-order valence-electron chi connectivity index (χ2n) is 11.0. The molecule has 3 atom stereocenters. The van der Waals surface area contributed by atoms with Crippen LogP contribution in [-0.2, 0) is 9.53 Å². The molecule has 1 fully saturated rings. The van der Waals surface area contributed by atoms with Crippen LogP contribution in [0.3, 0.4) is 0 Å². The number of fused-ring (bicyclic) bond motifs is 1. The van der Waals surface area contributed by atoms with Gasteiger partial charge in [0.2, 0.25) is 5.91 Å². The first-order valence-corrected chi connectivity index (χ1v) is 14.0. The Morgan fingerprint density at radius 1 is 1.00 bits per heavy atom. The van der Waals surface area contributed by atoms with Crippen LogP contribution in [0.4, 0.5) is 5.69 Å². The number of benzene rings is 2. The number of carbonyl (C=O) groups is 3. The smallest absolute Gasteiger partial charge is 0.257 e. The van der Waals surface area contributed by atoms with Crippen LogP contribution >= 0.6 is 0 Å². The first-order chi connectivity index (χ1) is 18.8. The van der Waals surface area contributed by atoms with Gasteiger partial charge in [-0.25, -0.2) is 0 Å². The average Bonchev–Trinajstić information content (AvgIpc) is 2.97. The minimum Gasteiger partial charge on any atom is -0.491 e. The maximum absolute atomic E-state index is 13.6. The molecule has 0 aromatic heterocycles. The fourth-order valence-corrected chi connectivity index (χ4v) is 5.49. The molecular formula is C31H41N3O5. The van der Waals surface area contributed by atoms with Crippen molar-refractivity contribution in [2.75, 3.05) is 39.2 Å².